The second-order valence-corrected chi connectivity index (χ2v) is 4.17. The van der Waals surface area contributed by atoms with Crippen molar-refractivity contribution in [1.82, 2.24) is 10.2 Å². The molecule has 0 fully saturated rings. The van der Waals surface area contributed by atoms with Crippen molar-refractivity contribution in [2.75, 3.05) is 27.2 Å². The van der Waals surface area contributed by atoms with E-state index < -0.39 is 0 Å². The summed E-state index contributed by atoms with van der Waals surface area (Å²) >= 11 is 4.79. The molecule has 0 radical (unpaired) electrons. The number of nitrogens with one attached hydrogen (secondary N) is 1. The molecule has 0 aromatic rings. The molecule has 0 aliphatic heterocycles. The third-order valence-corrected chi connectivity index (χ3v) is 2.42. The van der Waals surface area contributed by atoms with E-state index in [4.69, 9.17) is 18.0 Å². The fourth-order valence-corrected chi connectivity index (χ4v) is 1.35. The lowest BCUT2D eigenvalue weighted by Crippen LogP contribution is -2.27. The van der Waals surface area contributed by atoms with Crippen LogP contribution >= 0.6 is 12.2 Å². The number of carbonyl (C=O) groups excluding carboxylic acids is 1. The average Bonchev–Trinajstić information content (AvgIpc) is 2.20. The Hall–Kier alpha value is -0.680. The van der Waals surface area contributed by atoms with Crippen molar-refractivity contribution in [1.29, 1.82) is 0 Å². The lowest BCUT2D eigenvalue weighted by Gasteiger charge is -2.15. The van der Waals surface area contributed by atoms with Crippen LogP contribution < -0.4 is 11.1 Å². The zero-order chi connectivity index (χ0) is 11.7. The molecule has 0 aliphatic carbocycles. The zero-order valence-electron chi connectivity index (χ0n) is 9.58. The zero-order valence-corrected chi connectivity index (χ0v) is 10.4. The van der Waals surface area contributed by atoms with Gasteiger partial charge in [-0.1, -0.05) is 12.2 Å². The number of hydrogen-bond acceptors (Lipinski definition) is 3. The van der Waals surface area contributed by atoms with E-state index in [1.807, 2.05) is 7.05 Å². The van der Waals surface area contributed by atoms with Gasteiger partial charge in [0, 0.05) is 20.0 Å². The summed E-state index contributed by atoms with van der Waals surface area (Å²) in [6.07, 6.45) is 3.47. The van der Waals surface area contributed by atoms with Crippen molar-refractivity contribution >= 4 is 23.1 Å². The fraction of sp³-hybridized carbons (Fsp3) is 0.800. The highest BCUT2D eigenvalue weighted by molar-refractivity contribution is 7.80. The second kappa shape index (κ2) is 8.61. The van der Waals surface area contributed by atoms with E-state index >= 15 is 0 Å². The van der Waals surface area contributed by atoms with Crippen LogP contribution in [0.15, 0.2) is 0 Å². The van der Waals surface area contributed by atoms with Gasteiger partial charge in [0.15, 0.2) is 0 Å². The maximum Gasteiger partial charge on any atom is 0.221 e. The number of amides is 1. The Morgan fingerprint density at radius 1 is 1.33 bits per heavy atom. The summed E-state index contributed by atoms with van der Waals surface area (Å²) in [7, 11) is 3.67. The smallest absolute Gasteiger partial charge is 0.221 e. The van der Waals surface area contributed by atoms with Crippen LogP contribution in [0, 0.1) is 0 Å². The van der Waals surface area contributed by atoms with Gasteiger partial charge in [0.25, 0.3) is 0 Å². The molecule has 0 heterocycles. The number of thiocarbonyl (C=S) groups is 1. The van der Waals surface area contributed by atoms with Crippen molar-refractivity contribution in [3.8, 4) is 0 Å². The third-order valence-electron chi connectivity index (χ3n) is 2.21. The first-order chi connectivity index (χ1) is 7.06. The van der Waals surface area contributed by atoms with Crippen LogP contribution in [-0.4, -0.2) is 43.0 Å². The largest absolute Gasteiger partial charge is 0.393 e. The Bertz CT molecular complexity index is 209. The van der Waals surface area contributed by atoms with E-state index in [1.54, 1.807) is 7.05 Å². The molecule has 15 heavy (non-hydrogen) atoms. The van der Waals surface area contributed by atoms with Gasteiger partial charge in [-0.05, 0) is 32.9 Å². The van der Waals surface area contributed by atoms with Crippen LogP contribution in [0.3, 0.4) is 0 Å². The first kappa shape index (κ1) is 14.3. The standard InChI is InChI=1S/C10H21N3OS/c1-12-10(14)6-8-13(2)7-4-3-5-9(11)15/h3-8H2,1-2H3,(H2,11,15)(H,12,14). The first-order valence-electron chi connectivity index (χ1n) is 5.23. The molecule has 4 nitrogen and oxygen atoms in total. The van der Waals surface area contributed by atoms with Crippen LogP contribution in [0.5, 0.6) is 0 Å². The molecule has 0 saturated heterocycles. The monoisotopic (exact) mass is 231 g/mol. The maximum absolute atomic E-state index is 11.0. The molecule has 0 aliphatic rings. The molecule has 0 aromatic heterocycles. The first-order valence-corrected chi connectivity index (χ1v) is 5.64. The summed E-state index contributed by atoms with van der Waals surface area (Å²) in [4.78, 5) is 13.7. The van der Waals surface area contributed by atoms with Crippen molar-refractivity contribution in [2.45, 2.75) is 25.7 Å². The minimum absolute atomic E-state index is 0.0879. The predicted octanol–water partition coefficient (Wildman–Crippen LogP) is 0.511. The molecule has 3 N–H and O–H groups in total. The Morgan fingerprint density at radius 3 is 2.53 bits per heavy atom. The molecular formula is C10H21N3OS. The van der Waals surface area contributed by atoms with Gasteiger partial charge in [0.1, 0.15) is 0 Å². The molecule has 0 rings (SSSR count). The highest BCUT2D eigenvalue weighted by atomic mass is 32.1. The molecule has 88 valence electrons. The Balaban J connectivity index is 3.37. The number of hydrogen-bond donors (Lipinski definition) is 2. The second-order valence-electron chi connectivity index (χ2n) is 3.65. The quantitative estimate of drug-likeness (QED) is 0.472. The molecule has 0 saturated carbocycles. The van der Waals surface area contributed by atoms with E-state index in [9.17, 15) is 4.79 Å². The van der Waals surface area contributed by atoms with Gasteiger partial charge in [0.2, 0.25) is 5.91 Å². The van der Waals surface area contributed by atoms with Crippen LogP contribution in [0.2, 0.25) is 0 Å². The van der Waals surface area contributed by atoms with E-state index in [0.29, 0.717) is 11.4 Å². The van der Waals surface area contributed by atoms with Gasteiger partial charge < -0.3 is 16.0 Å². The number of nitrogens with zero attached hydrogens (tertiary/aromatic N) is 1. The minimum atomic E-state index is 0.0879. The van der Waals surface area contributed by atoms with Crippen LogP contribution in [-0.2, 0) is 4.79 Å². The topological polar surface area (TPSA) is 58.4 Å². The lowest BCUT2D eigenvalue weighted by molar-refractivity contribution is -0.120. The summed E-state index contributed by atoms with van der Waals surface area (Å²) in [6.45, 7) is 1.78. The Labute approximate surface area is 97.2 Å². The number of carbonyl (C=O) groups is 1. The molecule has 0 spiro atoms. The summed E-state index contributed by atoms with van der Waals surface area (Å²) in [6, 6.07) is 0. The van der Waals surface area contributed by atoms with Crippen molar-refractivity contribution in [3.63, 3.8) is 0 Å². The normalized spacial score (nSPS) is 10.3. The molecule has 5 heteroatoms. The summed E-state index contributed by atoms with van der Waals surface area (Å²) in [5, 5.41) is 2.60. The number of unbranched alkanes of at least 4 members (excludes halogenated alkanes) is 1. The van der Waals surface area contributed by atoms with E-state index in [0.717, 1.165) is 32.4 Å². The van der Waals surface area contributed by atoms with Crippen molar-refractivity contribution in [3.05, 3.63) is 0 Å². The Kier molecular flexibility index (Phi) is 8.22. The predicted molar refractivity (Wildman–Crippen MR) is 66.8 cm³/mol. The maximum atomic E-state index is 11.0. The van der Waals surface area contributed by atoms with Crippen LogP contribution in [0.1, 0.15) is 25.7 Å². The molecule has 0 unspecified atom stereocenters. The number of rotatable bonds is 8. The van der Waals surface area contributed by atoms with Crippen molar-refractivity contribution in [2.24, 2.45) is 5.73 Å². The van der Waals surface area contributed by atoms with Gasteiger partial charge >= 0.3 is 0 Å². The highest BCUT2D eigenvalue weighted by Gasteiger charge is 2.02. The van der Waals surface area contributed by atoms with Crippen LogP contribution in [0.25, 0.3) is 0 Å². The molecule has 0 aromatic carbocycles. The fourth-order valence-electron chi connectivity index (χ4n) is 1.21. The van der Waals surface area contributed by atoms with Gasteiger partial charge in [-0.2, -0.15) is 0 Å². The van der Waals surface area contributed by atoms with Gasteiger partial charge in [-0.3, -0.25) is 4.79 Å². The third kappa shape index (κ3) is 9.62. The Morgan fingerprint density at radius 2 is 2.00 bits per heavy atom. The molecule has 0 atom stereocenters. The van der Waals surface area contributed by atoms with Gasteiger partial charge in [-0.15, -0.1) is 0 Å². The van der Waals surface area contributed by atoms with E-state index in [-0.39, 0.29) is 5.91 Å². The van der Waals surface area contributed by atoms with Gasteiger partial charge in [-0.25, -0.2) is 0 Å². The SMILES string of the molecule is CNC(=O)CCN(C)CCCCC(N)=S. The van der Waals surface area contributed by atoms with Crippen LogP contribution in [0.4, 0.5) is 0 Å². The molecule has 0 bridgehead atoms. The molecular weight excluding hydrogens is 210 g/mol. The molecule has 1 amide bonds. The van der Waals surface area contributed by atoms with Crippen molar-refractivity contribution < 1.29 is 4.79 Å². The summed E-state index contributed by atoms with van der Waals surface area (Å²) < 4.78 is 0. The minimum Gasteiger partial charge on any atom is -0.393 e. The summed E-state index contributed by atoms with van der Waals surface area (Å²) in [5.74, 6) is 0.0879. The number of nitrogens with two attached hydrogens (primary N) is 1. The lowest BCUT2D eigenvalue weighted by atomic mass is 10.2. The van der Waals surface area contributed by atoms with E-state index in [1.165, 1.54) is 0 Å². The highest BCUT2D eigenvalue weighted by Crippen LogP contribution is 1.98. The average molecular weight is 231 g/mol. The summed E-state index contributed by atoms with van der Waals surface area (Å²) in [5.41, 5.74) is 5.39. The van der Waals surface area contributed by atoms with E-state index in [2.05, 4.69) is 10.2 Å². The van der Waals surface area contributed by atoms with Gasteiger partial charge in [0.05, 0.1) is 4.99 Å².